The maximum Gasteiger partial charge on any atom is 0.310 e. The third kappa shape index (κ3) is 2.61. The number of sulfone groups is 1. The van der Waals surface area contributed by atoms with Crippen LogP contribution in [0.2, 0.25) is 0 Å². The highest BCUT2D eigenvalue weighted by Crippen LogP contribution is 2.18. The average Bonchev–Trinajstić information content (AvgIpc) is 2.28. The molecular weight excluding hydrogens is 228 g/mol. The Morgan fingerprint density at radius 2 is 1.81 bits per heavy atom. The number of carboxylic acids is 1. The van der Waals surface area contributed by atoms with E-state index in [0.717, 1.165) is 0 Å². The highest BCUT2D eigenvalue weighted by atomic mass is 32.2. The molecule has 1 aromatic rings. The molecule has 0 aliphatic carbocycles. The van der Waals surface area contributed by atoms with E-state index in [1.54, 1.807) is 26.0 Å². The smallest absolute Gasteiger partial charge is 0.310 e. The van der Waals surface area contributed by atoms with Gasteiger partial charge in [0.05, 0.1) is 16.6 Å². The van der Waals surface area contributed by atoms with Gasteiger partial charge in [0, 0.05) is 0 Å². The molecule has 0 amide bonds. The summed E-state index contributed by atoms with van der Waals surface area (Å²) in [6.45, 7) is 3.13. The number of hydrogen-bond acceptors (Lipinski definition) is 3. The summed E-state index contributed by atoms with van der Waals surface area (Å²) in [4.78, 5) is 11.0. The minimum absolute atomic E-state index is 0.0425. The molecule has 0 aromatic heterocycles. The number of aliphatic carboxylic acids is 1. The van der Waals surface area contributed by atoms with Crippen molar-refractivity contribution in [3.05, 3.63) is 29.8 Å². The zero-order valence-corrected chi connectivity index (χ0v) is 9.99. The highest BCUT2D eigenvalue weighted by Gasteiger charge is 2.15. The van der Waals surface area contributed by atoms with Crippen LogP contribution in [-0.4, -0.2) is 25.2 Å². The van der Waals surface area contributed by atoms with E-state index in [0.29, 0.717) is 5.56 Å². The van der Waals surface area contributed by atoms with Crippen molar-refractivity contribution in [1.82, 2.24) is 0 Å². The van der Waals surface area contributed by atoms with E-state index in [2.05, 4.69) is 0 Å². The Balaban J connectivity index is 3.05. The van der Waals surface area contributed by atoms with E-state index in [4.69, 9.17) is 5.11 Å². The fourth-order valence-corrected chi connectivity index (χ4v) is 2.16. The molecular formula is C11H14O4S. The number of carbonyl (C=O) groups is 1. The molecule has 0 saturated carbocycles. The van der Waals surface area contributed by atoms with Crippen LogP contribution >= 0.6 is 0 Å². The monoisotopic (exact) mass is 242 g/mol. The van der Waals surface area contributed by atoms with Crippen LogP contribution in [0.15, 0.2) is 29.2 Å². The molecule has 1 N–H and O–H groups in total. The van der Waals surface area contributed by atoms with Crippen LogP contribution in [0.4, 0.5) is 0 Å². The van der Waals surface area contributed by atoms with Crippen LogP contribution in [-0.2, 0) is 14.6 Å². The van der Waals surface area contributed by atoms with E-state index in [-0.39, 0.29) is 10.6 Å². The van der Waals surface area contributed by atoms with Crippen molar-refractivity contribution in [3.63, 3.8) is 0 Å². The lowest BCUT2D eigenvalue weighted by Crippen LogP contribution is -2.08. The predicted molar refractivity (Wildman–Crippen MR) is 60.2 cm³/mol. The van der Waals surface area contributed by atoms with Gasteiger partial charge in [-0.2, -0.15) is 0 Å². The number of benzene rings is 1. The molecule has 0 radical (unpaired) electrons. The van der Waals surface area contributed by atoms with Crippen LogP contribution in [0.5, 0.6) is 0 Å². The summed E-state index contributed by atoms with van der Waals surface area (Å²) < 4.78 is 23.0. The molecule has 1 atom stereocenters. The van der Waals surface area contributed by atoms with Crippen molar-refractivity contribution in [1.29, 1.82) is 0 Å². The third-order valence-corrected chi connectivity index (χ3v) is 4.24. The summed E-state index contributed by atoms with van der Waals surface area (Å²) in [5.74, 6) is -1.51. The molecule has 0 aliphatic heterocycles. The summed E-state index contributed by atoms with van der Waals surface area (Å²) in [6.07, 6.45) is 0. The van der Waals surface area contributed by atoms with Gasteiger partial charge in [0.15, 0.2) is 9.84 Å². The minimum Gasteiger partial charge on any atom is -0.481 e. The Morgan fingerprint density at radius 1 is 1.31 bits per heavy atom. The van der Waals surface area contributed by atoms with Gasteiger partial charge in [0.2, 0.25) is 0 Å². The van der Waals surface area contributed by atoms with Gasteiger partial charge in [-0.3, -0.25) is 4.79 Å². The maximum atomic E-state index is 11.5. The molecule has 0 spiro atoms. The van der Waals surface area contributed by atoms with Gasteiger partial charge in [-0.25, -0.2) is 8.42 Å². The van der Waals surface area contributed by atoms with Crippen molar-refractivity contribution < 1.29 is 18.3 Å². The second kappa shape index (κ2) is 4.65. The Morgan fingerprint density at radius 3 is 2.19 bits per heavy atom. The fraction of sp³-hybridized carbons (Fsp3) is 0.364. The zero-order chi connectivity index (χ0) is 12.3. The van der Waals surface area contributed by atoms with Crippen LogP contribution in [0.25, 0.3) is 0 Å². The van der Waals surface area contributed by atoms with Crippen molar-refractivity contribution in [2.24, 2.45) is 0 Å². The Hall–Kier alpha value is -1.36. The van der Waals surface area contributed by atoms with Crippen LogP contribution < -0.4 is 0 Å². The molecule has 4 nitrogen and oxygen atoms in total. The van der Waals surface area contributed by atoms with E-state index < -0.39 is 21.7 Å². The largest absolute Gasteiger partial charge is 0.481 e. The van der Waals surface area contributed by atoms with Gasteiger partial charge in [0.1, 0.15) is 0 Å². The van der Waals surface area contributed by atoms with Gasteiger partial charge < -0.3 is 5.11 Å². The Bertz CT molecular complexity index is 473. The van der Waals surface area contributed by atoms with Crippen molar-refractivity contribution in [3.8, 4) is 0 Å². The first-order valence-electron chi connectivity index (χ1n) is 4.94. The standard InChI is InChI=1S/C11H14O4S/c1-3-16(14,15)10-6-4-9(5-7-10)8(2)11(12)13/h4-8H,3H2,1-2H3,(H,12,13)/t8-/m0/s1. The first-order chi connectivity index (χ1) is 7.38. The topological polar surface area (TPSA) is 71.4 Å². The average molecular weight is 242 g/mol. The third-order valence-electron chi connectivity index (χ3n) is 2.49. The quantitative estimate of drug-likeness (QED) is 0.871. The summed E-state index contributed by atoms with van der Waals surface area (Å²) in [7, 11) is -3.21. The maximum absolute atomic E-state index is 11.5. The van der Waals surface area contributed by atoms with Crippen LogP contribution in [0, 0.1) is 0 Å². The van der Waals surface area contributed by atoms with E-state index in [9.17, 15) is 13.2 Å². The molecule has 16 heavy (non-hydrogen) atoms. The molecule has 0 saturated heterocycles. The lowest BCUT2D eigenvalue weighted by atomic mass is 10.0. The van der Waals surface area contributed by atoms with Crippen molar-refractivity contribution in [2.75, 3.05) is 5.75 Å². The number of hydrogen-bond donors (Lipinski definition) is 1. The molecule has 88 valence electrons. The summed E-state index contributed by atoms with van der Waals surface area (Å²) >= 11 is 0. The predicted octanol–water partition coefficient (Wildman–Crippen LogP) is 1.67. The first kappa shape index (κ1) is 12.7. The van der Waals surface area contributed by atoms with Crippen molar-refractivity contribution in [2.45, 2.75) is 24.7 Å². The molecule has 1 aromatic carbocycles. The van der Waals surface area contributed by atoms with Gasteiger partial charge in [0.25, 0.3) is 0 Å². The molecule has 0 unspecified atom stereocenters. The first-order valence-corrected chi connectivity index (χ1v) is 6.59. The SMILES string of the molecule is CCS(=O)(=O)c1ccc([C@H](C)C(=O)O)cc1. The summed E-state index contributed by atoms with van der Waals surface area (Å²) in [5.41, 5.74) is 0.600. The highest BCUT2D eigenvalue weighted by molar-refractivity contribution is 7.91. The Kier molecular flexibility index (Phi) is 3.70. The van der Waals surface area contributed by atoms with Gasteiger partial charge in [-0.15, -0.1) is 0 Å². The summed E-state index contributed by atoms with van der Waals surface area (Å²) in [5, 5.41) is 8.79. The number of rotatable bonds is 4. The van der Waals surface area contributed by atoms with Gasteiger partial charge >= 0.3 is 5.97 Å². The van der Waals surface area contributed by atoms with Gasteiger partial charge in [-0.1, -0.05) is 19.1 Å². The van der Waals surface area contributed by atoms with E-state index in [1.165, 1.54) is 12.1 Å². The molecule has 1 rings (SSSR count). The normalized spacial score (nSPS) is 13.4. The molecule has 0 bridgehead atoms. The van der Waals surface area contributed by atoms with Crippen LogP contribution in [0.1, 0.15) is 25.3 Å². The fourth-order valence-electron chi connectivity index (χ4n) is 1.27. The van der Waals surface area contributed by atoms with E-state index >= 15 is 0 Å². The lowest BCUT2D eigenvalue weighted by molar-refractivity contribution is -0.138. The van der Waals surface area contributed by atoms with Gasteiger partial charge in [-0.05, 0) is 24.6 Å². The summed E-state index contributed by atoms with van der Waals surface area (Å²) in [6, 6.07) is 5.99. The van der Waals surface area contributed by atoms with Crippen LogP contribution in [0.3, 0.4) is 0 Å². The van der Waals surface area contributed by atoms with E-state index in [1.807, 2.05) is 0 Å². The minimum atomic E-state index is -3.21. The molecule has 0 heterocycles. The lowest BCUT2D eigenvalue weighted by Gasteiger charge is -2.07. The number of carboxylic acid groups (broad SMARTS) is 1. The molecule has 0 aliphatic rings. The molecule has 0 fully saturated rings. The van der Waals surface area contributed by atoms with Crippen molar-refractivity contribution >= 4 is 15.8 Å². The second-order valence-corrected chi connectivity index (χ2v) is 5.81. The Labute approximate surface area is 94.8 Å². The molecule has 5 heteroatoms. The zero-order valence-electron chi connectivity index (χ0n) is 9.17. The second-order valence-electron chi connectivity index (χ2n) is 3.53.